The molecule has 1 aliphatic rings. The van der Waals surface area contributed by atoms with Crippen molar-refractivity contribution in [2.24, 2.45) is 11.7 Å². The van der Waals surface area contributed by atoms with Crippen LogP contribution < -0.4 is 21.5 Å². The van der Waals surface area contributed by atoms with Crippen molar-refractivity contribution in [3.8, 4) is 6.01 Å². The molecule has 4 rings (SSSR count). The SMILES string of the molecule is CCCCOc1nc(NC(=O)C=COCCOCCOC)c2[nH]c(=O)n(Cc3ccc(CN4CCC(CCN)CC4)cc3)c2n1. The molecular weight excluding hydrogens is 578 g/mol. The Bertz CT molecular complexity index is 1410. The number of hydrogen-bond acceptors (Lipinski definition) is 10. The lowest BCUT2D eigenvalue weighted by molar-refractivity contribution is -0.112. The van der Waals surface area contributed by atoms with Crippen LogP contribution in [0.25, 0.3) is 11.2 Å². The van der Waals surface area contributed by atoms with Gasteiger partial charge in [0.1, 0.15) is 12.1 Å². The minimum atomic E-state index is -0.484. The van der Waals surface area contributed by atoms with Crippen LogP contribution in [-0.2, 0) is 32.1 Å². The Morgan fingerprint density at radius 2 is 1.80 bits per heavy atom. The highest BCUT2D eigenvalue weighted by Crippen LogP contribution is 2.23. The fraction of sp³-hybridized carbons (Fsp3) is 0.562. The lowest BCUT2D eigenvalue weighted by atomic mass is 9.93. The Morgan fingerprint density at radius 3 is 2.51 bits per heavy atom. The van der Waals surface area contributed by atoms with Gasteiger partial charge in [-0.3, -0.25) is 14.3 Å². The number of amides is 1. The van der Waals surface area contributed by atoms with Gasteiger partial charge < -0.3 is 35.0 Å². The van der Waals surface area contributed by atoms with E-state index in [4.69, 9.17) is 24.7 Å². The summed E-state index contributed by atoms with van der Waals surface area (Å²) >= 11 is 0. The van der Waals surface area contributed by atoms with Crippen molar-refractivity contribution < 1.29 is 23.7 Å². The lowest BCUT2D eigenvalue weighted by Gasteiger charge is -2.31. The van der Waals surface area contributed by atoms with Crippen molar-refractivity contribution in [2.75, 3.05) is 65.1 Å². The number of carbonyl (C=O) groups is 1. The van der Waals surface area contributed by atoms with Crippen molar-refractivity contribution in [1.29, 1.82) is 0 Å². The van der Waals surface area contributed by atoms with E-state index in [1.54, 1.807) is 7.11 Å². The highest BCUT2D eigenvalue weighted by Gasteiger charge is 2.20. The van der Waals surface area contributed by atoms with Crippen LogP contribution in [0.5, 0.6) is 6.01 Å². The normalized spacial score (nSPS) is 14.4. The van der Waals surface area contributed by atoms with Gasteiger partial charge in [-0.2, -0.15) is 9.97 Å². The van der Waals surface area contributed by atoms with E-state index in [2.05, 4.69) is 44.2 Å². The zero-order chi connectivity index (χ0) is 31.9. The van der Waals surface area contributed by atoms with Crippen LogP contribution in [-0.4, -0.2) is 90.1 Å². The largest absolute Gasteiger partial charge is 0.499 e. The molecule has 1 fully saturated rings. The number of methoxy groups -OCH3 is 1. The highest BCUT2D eigenvalue weighted by molar-refractivity contribution is 6.02. The molecule has 0 saturated carbocycles. The van der Waals surface area contributed by atoms with Gasteiger partial charge in [0.25, 0.3) is 5.91 Å². The molecule has 1 aromatic carbocycles. The highest BCUT2D eigenvalue weighted by atomic mass is 16.5. The maximum absolute atomic E-state index is 13.1. The predicted octanol–water partition coefficient (Wildman–Crippen LogP) is 3.04. The molecule has 2 aromatic heterocycles. The second-order valence-electron chi connectivity index (χ2n) is 11.2. The van der Waals surface area contributed by atoms with Crippen molar-refractivity contribution in [2.45, 2.75) is 52.1 Å². The maximum atomic E-state index is 13.1. The third kappa shape index (κ3) is 10.7. The van der Waals surface area contributed by atoms with Crippen molar-refractivity contribution in [1.82, 2.24) is 24.4 Å². The molecule has 0 atom stereocenters. The number of ether oxygens (including phenoxy) is 4. The minimum Gasteiger partial charge on any atom is -0.499 e. The maximum Gasteiger partial charge on any atom is 0.328 e. The molecule has 0 aliphatic carbocycles. The van der Waals surface area contributed by atoms with E-state index in [0.29, 0.717) is 44.1 Å². The van der Waals surface area contributed by atoms with Gasteiger partial charge in [-0.15, -0.1) is 0 Å². The first-order valence-corrected chi connectivity index (χ1v) is 15.8. The van der Waals surface area contributed by atoms with E-state index in [0.717, 1.165) is 56.9 Å². The number of unbranched alkanes of at least 4 members (excludes halogenated alkanes) is 1. The number of imidazole rings is 1. The molecule has 0 radical (unpaired) electrons. The minimum absolute atomic E-state index is 0.0815. The van der Waals surface area contributed by atoms with Gasteiger partial charge in [0.15, 0.2) is 11.5 Å². The third-order valence-electron chi connectivity index (χ3n) is 7.72. The van der Waals surface area contributed by atoms with Crippen LogP contribution in [0, 0.1) is 5.92 Å². The molecule has 246 valence electrons. The molecule has 1 aliphatic heterocycles. The molecule has 0 spiro atoms. The fourth-order valence-electron chi connectivity index (χ4n) is 5.17. The molecule has 13 nitrogen and oxygen atoms in total. The summed E-state index contributed by atoms with van der Waals surface area (Å²) in [6.07, 6.45) is 7.78. The van der Waals surface area contributed by atoms with Crippen LogP contribution in [0.15, 0.2) is 41.4 Å². The standard InChI is InChI=1S/C32H47N7O6/c1-3-4-16-45-31-36-29(34-27(40)12-17-43-20-21-44-19-18-42-2)28-30(37-31)39(32(41)35-28)23-26-7-5-25(6-8-26)22-38-14-10-24(9-13-33)11-15-38/h5-8,12,17,24H,3-4,9-11,13-16,18-23,33H2,1-2H3,(H,35,41)(H,34,36,37,40). The summed E-state index contributed by atoms with van der Waals surface area (Å²) in [6.45, 7) is 8.23. The number of nitrogens with zero attached hydrogens (tertiary/aromatic N) is 4. The van der Waals surface area contributed by atoms with E-state index in [1.165, 1.54) is 35.3 Å². The molecule has 13 heteroatoms. The number of H-pyrrole nitrogens is 1. The van der Waals surface area contributed by atoms with Gasteiger partial charge in [0, 0.05) is 19.7 Å². The quantitative estimate of drug-likeness (QED) is 0.103. The molecule has 1 amide bonds. The summed E-state index contributed by atoms with van der Waals surface area (Å²) < 4.78 is 22.9. The van der Waals surface area contributed by atoms with E-state index in [-0.39, 0.29) is 24.1 Å². The number of benzene rings is 1. The first kappa shape index (κ1) is 34.1. The molecule has 0 bridgehead atoms. The zero-order valence-corrected chi connectivity index (χ0v) is 26.5. The Labute approximate surface area is 264 Å². The van der Waals surface area contributed by atoms with Crippen molar-refractivity contribution >= 4 is 22.9 Å². The second-order valence-corrected chi connectivity index (χ2v) is 11.2. The number of piperidine rings is 1. The number of hydrogen-bond donors (Lipinski definition) is 3. The number of nitrogens with one attached hydrogen (secondary N) is 2. The number of anilines is 1. The number of rotatable bonds is 19. The third-order valence-corrected chi connectivity index (χ3v) is 7.72. The molecule has 3 aromatic rings. The van der Waals surface area contributed by atoms with Crippen LogP contribution in [0.1, 0.15) is 50.2 Å². The average Bonchev–Trinajstić information content (AvgIpc) is 3.35. The van der Waals surface area contributed by atoms with Gasteiger partial charge in [-0.05, 0) is 62.4 Å². The first-order chi connectivity index (χ1) is 22.0. The van der Waals surface area contributed by atoms with E-state index in [9.17, 15) is 9.59 Å². The Kier molecular flexibility index (Phi) is 13.8. The number of aromatic nitrogens is 4. The Hall–Kier alpha value is -3.78. The average molecular weight is 626 g/mol. The van der Waals surface area contributed by atoms with Gasteiger partial charge >= 0.3 is 11.7 Å². The number of nitrogens with two attached hydrogens (primary N) is 1. The smallest absolute Gasteiger partial charge is 0.328 e. The predicted molar refractivity (Wildman–Crippen MR) is 172 cm³/mol. The van der Waals surface area contributed by atoms with E-state index >= 15 is 0 Å². The van der Waals surface area contributed by atoms with Gasteiger partial charge in [-0.25, -0.2) is 4.79 Å². The number of aromatic amines is 1. The molecule has 4 N–H and O–H groups in total. The number of fused-ring (bicyclic) bond motifs is 1. The molecule has 3 heterocycles. The van der Waals surface area contributed by atoms with Gasteiger partial charge in [0.2, 0.25) is 0 Å². The molecule has 1 saturated heterocycles. The second kappa shape index (κ2) is 18.3. The Morgan fingerprint density at radius 1 is 1.07 bits per heavy atom. The van der Waals surface area contributed by atoms with Gasteiger partial charge in [0.05, 0.1) is 39.2 Å². The topological polar surface area (TPSA) is 159 Å². The fourth-order valence-corrected chi connectivity index (χ4v) is 5.17. The monoisotopic (exact) mass is 625 g/mol. The summed E-state index contributed by atoms with van der Waals surface area (Å²) in [5.41, 5.74) is 8.21. The van der Waals surface area contributed by atoms with Crippen molar-refractivity contribution in [3.05, 3.63) is 58.2 Å². The Balaban J connectivity index is 1.43. The summed E-state index contributed by atoms with van der Waals surface area (Å²) in [5.74, 6) is 0.402. The van der Waals surface area contributed by atoms with Crippen LogP contribution in [0.4, 0.5) is 5.82 Å². The zero-order valence-electron chi connectivity index (χ0n) is 26.5. The van der Waals surface area contributed by atoms with Crippen LogP contribution >= 0.6 is 0 Å². The molecule has 0 unspecified atom stereocenters. The number of carbonyl (C=O) groups excluding carboxylic acids is 1. The van der Waals surface area contributed by atoms with Gasteiger partial charge in [-0.1, -0.05) is 37.6 Å². The van der Waals surface area contributed by atoms with E-state index in [1.807, 2.05) is 12.1 Å². The van der Waals surface area contributed by atoms with Crippen LogP contribution in [0.3, 0.4) is 0 Å². The summed E-state index contributed by atoms with van der Waals surface area (Å²) in [6, 6.07) is 8.39. The molecular formula is C32H47N7O6. The summed E-state index contributed by atoms with van der Waals surface area (Å²) in [4.78, 5) is 40.0. The lowest BCUT2D eigenvalue weighted by Crippen LogP contribution is -2.33. The summed E-state index contributed by atoms with van der Waals surface area (Å²) in [7, 11) is 1.60. The van der Waals surface area contributed by atoms with E-state index < -0.39 is 5.91 Å². The van der Waals surface area contributed by atoms with Crippen LogP contribution in [0.2, 0.25) is 0 Å². The summed E-state index contributed by atoms with van der Waals surface area (Å²) in [5, 5.41) is 2.72. The number of likely N-dealkylation sites (tertiary alicyclic amines) is 1. The van der Waals surface area contributed by atoms with Crippen molar-refractivity contribution in [3.63, 3.8) is 0 Å². The molecule has 45 heavy (non-hydrogen) atoms. The first-order valence-electron chi connectivity index (χ1n) is 15.8.